The van der Waals surface area contributed by atoms with Gasteiger partial charge in [-0.15, -0.1) is 0 Å². The maximum atomic E-state index is 6.08. The Bertz CT molecular complexity index is 380. The van der Waals surface area contributed by atoms with Crippen LogP contribution in [0.4, 0.5) is 0 Å². The van der Waals surface area contributed by atoms with E-state index in [2.05, 4.69) is 25.8 Å². The second kappa shape index (κ2) is 4.92. The van der Waals surface area contributed by atoms with Gasteiger partial charge in [0.2, 0.25) is 5.89 Å². The summed E-state index contributed by atoms with van der Waals surface area (Å²) in [5.74, 6) is 1.38. The predicted molar refractivity (Wildman–Crippen MR) is 71.5 cm³/mol. The van der Waals surface area contributed by atoms with Gasteiger partial charge >= 0.3 is 0 Å². The molecule has 4 nitrogen and oxygen atoms in total. The third-order valence-corrected chi connectivity index (χ3v) is 4.16. The van der Waals surface area contributed by atoms with Crippen molar-refractivity contribution in [2.45, 2.75) is 58.7 Å². The van der Waals surface area contributed by atoms with Gasteiger partial charge in [0.25, 0.3) is 0 Å². The molecule has 1 rings (SSSR count). The quantitative estimate of drug-likeness (QED) is 0.837. The molecule has 1 aromatic heterocycles. The second-order valence-corrected chi connectivity index (χ2v) is 8.78. The van der Waals surface area contributed by atoms with E-state index in [9.17, 15) is 0 Å². The Morgan fingerprint density at radius 3 is 2.29 bits per heavy atom. The monoisotopic (exact) mass is 256 g/mol. The minimum atomic E-state index is -0.630. The number of hydrogen-bond acceptors (Lipinski definition) is 4. The zero-order chi connectivity index (χ0) is 13.3. The minimum absolute atomic E-state index is 0.266. The van der Waals surface area contributed by atoms with E-state index in [1.54, 1.807) is 0 Å². The predicted octanol–water partition coefficient (Wildman–Crippen LogP) is 2.00. The number of nitrogens with two attached hydrogens (primary N) is 1. The van der Waals surface area contributed by atoms with Crippen molar-refractivity contribution in [1.29, 1.82) is 0 Å². The number of hydrogen-bond donors (Lipinski definition) is 1. The molecular formula is C12H24N2O2Si. The zero-order valence-corrected chi connectivity index (χ0v) is 13.2. The first kappa shape index (κ1) is 14.4. The molecule has 0 aliphatic carbocycles. The van der Waals surface area contributed by atoms with Crippen LogP contribution in [0.1, 0.15) is 52.0 Å². The molecule has 0 saturated heterocycles. The van der Waals surface area contributed by atoms with E-state index in [-0.39, 0.29) is 5.04 Å². The molecule has 0 atom stereocenters. The summed E-state index contributed by atoms with van der Waals surface area (Å²) < 4.78 is 11.7. The summed E-state index contributed by atoms with van der Waals surface area (Å²) in [6.45, 7) is 12.9. The Morgan fingerprint density at radius 2 is 1.88 bits per heavy atom. The van der Waals surface area contributed by atoms with Crippen LogP contribution in [0.3, 0.4) is 0 Å². The van der Waals surface area contributed by atoms with Crippen LogP contribution in [0.2, 0.25) is 5.04 Å². The molecule has 0 amide bonds. The molecule has 0 aliphatic rings. The summed E-state index contributed by atoms with van der Waals surface area (Å²) in [5.41, 5.74) is 5.99. The molecule has 0 saturated carbocycles. The van der Waals surface area contributed by atoms with Gasteiger partial charge in [-0.1, -0.05) is 20.8 Å². The highest BCUT2D eigenvalue weighted by Gasteiger charge is 2.30. The molecular weight excluding hydrogens is 232 g/mol. The highest BCUT2D eigenvalue weighted by molar-refractivity contribution is 6.31. The molecule has 98 valence electrons. The van der Waals surface area contributed by atoms with E-state index in [4.69, 9.17) is 14.6 Å². The largest absolute Gasteiger partial charge is 0.441 e. The molecule has 1 aromatic rings. The lowest BCUT2D eigenvalue weighted by Gasteiger charge is -2.28. The molecule has 0 spiro atoms. The highest BCUT2D eigenvalue weighted by atomic mass is 28.2. The molecule has 0 bridgehead atoms. The normalized spacial score (nSPS) is 13.8. The molecule has 0 aliphatic heterocycles. The SMILES string of the molecule is Cc1nc(CN)oc1C(C)(C)O[SiH2]C(C)(C)C. The Hall–Kier alpha value is -0.653. The summed E-state index contributed by atoms with van der Waals surface area (Å²) in [5, 5.41) is 0.266. The summed E-state index contributed by atoms with van der Waals surface area (Å²) >= 11 is 0. The van der Waals surface area contributed by atoms with E-state index in [0.717, 1.165) is 11.5 Å². The number of oxazole rings is 1. The minimum Gasteiger partial charge on any atom is -0.441 e. The molecule has 0 unspecified atom stereocenters. The smallest absolute Gasteiger partial charge is 0.208 e. The van der Waals surface area contributed by atoms with Crippen LogP contribution in [0.15, 0.2) is 4.42 Å². The number of aryl methyl sites for hydroxylation is 1. The summed E-state index contributed by atoms with van der Waals surface area (Å²) in [6, 6.07) is 0. The van der Waals surface area contributed by atoms with Crippen LogP contribution in [-0.4, -0.2) is 14.7 Å². The molecule has 1 heterocycles. The van der Waals surface area contributed by atoms with Gasteiger partial charge in [-0.05, 0) is 25.8 Å². The lowest BCUT2D eigenvalue weighted by molar-refractivity contribution is 0.0805. The molecule has 17 heavy (non-hydrogen) atoms. The van der Waals surface area contributed by atoms with Crippen LogP contribution in [-0.2, 0) is 16.6 Å². The average molecular weight is 256 g/mol. The highest BCUT2D eigenvalue weighted by Crippen LogP contribution is 2.31. The standard InChI is InChI=1S/C12H24N2O2Si/c1-8-10(15-9(7-13)14-8)12(5,6)16-17-11(2,3)4/h7,13,17H2,1-6H3. The Morgan fingerprint density at radius 1 is 1.29 bits per heavy atom. The van der Waals surface area contributed by atoms with Crippen molar-refractivity contribution in [1.82, 2.24) is 4.98 Å². The van der Waals surface area contributed by atoms with Crippen LogP contribution < -0.4 is 5.73 Å². The number of aromatic nitrogens is 1. The average Bonchev–Trinajstić information content (AvgIpc) is 2.57. The molecule has 0 fully saturated rings. The lowest BCUT2D eigenvalue weighted by atomic mass is 10.1. The second-order valence-electron chi connectivity index (χ2n) is 6.09. The number of rotatable bonds is 4. The fourth-order valence-electron chi connectivity index (χ4n) is 1.56. The summed E-state index contributed by atoms with van der Waals surface area (Å²) in [7, 11) is -0.630. The van der Waals surface area contributed by atoms with Crippen LogP contribution in [0.25, 0.3) is 0 Å². The van der Waals surface area contributed by atoms with Gasteiger partial charge < -0.3 is 14.6 Å². The molecule has 5 heteroatoms. The fraction of sp³-hybridized carbons (Fsp3) is 0.750. The Balaban J connectivity index is 2.84. The van der Waals surface area contributed by atoms with E-state index < -0.39 is 15.4 Å². The van der Waals surface area contributed by atoms with E-state index in [1.807, 2.05) is 20.8 Å². The van der Waals surface area contributed by atoms with Gasteiger partial charge in [0.15, 0.2) is 15.5 Å². The molecule has 2 N–H and O–H groups in total. The first-order valence-corrected chi connectivity index (χ1v) is 7.25. The van der Waals surface area contributed by atoms with Crippen molar-refractivity contribution in [3.05, 3.63) is 17.3 Å². The van der Waals surface area contributed by atoms with Gasteiger partial charge in [-0.3, -0.25) is 0 Å². The first-order valence-electron chi connectivity index (χ1n) is 5.96. The van der Waals surface area contributed by atoms with Crippen LogP contribution in [0.5, 0.6) is 0 Å². The number of nitrogens with zero attached hydrogens (tertiary/aromatic N) is 1. The van der Waals surface area contributed by atoms with Gasteiger partial charge in [0, 0.05) is 0 Å². The van der Waals surface area contributed by atoms with Gasteiger partial charge in [-0.25, -0.2) is 4.98 Å². The van der Waals surface area contributed by atoms with E-state index in [0.29, 0.717) is 12.4 Å². The lowest BCUT2D eigenvalue weighted by Crippen LogP contribution is -2.27. The third kappa shape index (κ3) is 3.94. The van der Waals surface area contributed by atoms with Crippen LogP contribution >= 0.6 is 0 Å². The molecule has 0 aromatic carbocycles. The zero-order valence-electron chi connectivity index (χ0n) is 11.8. The fourth-order valence-corrected chi connectivity index (χ4v) is 2.49. The summed E-state index contributed by atoms with van der Waals surface area (Å²) in [6.07, 6.45) is 0. The van der Waals surface area contributed by atoms with Gasteiger partial charge in [-0.2, -0.15) is 0 Å². The van der Waals surface area contributed by atoms with Gasteiger partial charge in [0.1, 0.15) is 5.60 Å². The third-order valence-electron chi connectivity index (χ3n) is 2.43. The van der Waals surface area contributed by atoms with E-state index >= 15 is 0 Å². The van der Waals surface area contributed by atoms with Crippen molar-refractivity contribution in [3.8, 4) is 0 Å². The van der Waals surface area contributed by atoms with Crippen molar-refractivity contribution in [3.63, 3.8) is 0 Å². The maximum absolute atomic E-state index is 6.08. The topological polar surface area (TPSA) is 61.3 Å². The summed E-state index contributed by atoms with van der Waals surface area (Å²) in [4.78, 5) is 4.28. The van der Waals surface area contributed by atoms with Crippen LogP contribution in [0, 0.1) is 6.92 Å². The maximum Gasteiger partial charge on any atom is 0.208 e. The Labute approximate surface area is 106 Å². The van der Waals surface area contributed by atoms with Crippen molar-refractivity contribution >= 4 is 9.76 Å². The van der Waals surface area contributed by atoms with Crippen molar-refractivity contribution < 1.29 is 8.84 Å². The Kier molecular flexibility index (Phi) is 4.17. The first-order chi connectivity index (χ1) is 7.65. The van der Waals surface area contributed by atoms with E-state index in [1.165, 1.54) is 0 Å². The van der Waals surface area contributed by atoms with Crippen molar-refractivity contribution in [2.75, 3.05) is 0 Å². The van der Waals surface area contributed by atoms with Crippen molar-refractivity contribution in [2.24, 2.45) is 5.73 Å². The molecule has 0 radical (unpaired) electrons. The van der Waals surface area contributed by atoms with Gasteiger partial charge in [0.05, 0.1) is 12.2 Å².